The molecule has 0 bridgehead atoms. The molecule has 1 atom stereocenters. The van der Waals surface area contributed by atoms with Gasteiger partial charge in [-0.25, -0.2) is 4.39 Å². The van der Waals surface area contributed by atoms with Gasteiger partial charge < -0.3 is 0 Å². The lowest BCUT2D eigenvalue weighted by Crippen LogP contribution is -2.19. The van der Waals surface area contributed by atoms with Crippen LogP contribution in [0.25, 0.3) is 10.9 Å². The molecule has 2 aliphatic rings. The van der Waals surface area contributed by atoms with E-state index in [9.17, 15) is 9.18 Å². The Morgan fingerprint density at radius 1 is 1.10 bits per heavy atom. The van der Waals surface area contributed by atoms with Gasteiger partial charge in [0.05, 0.1) is 5.52 Å². The van der Waals surface area contributed by atoms with Gasteiger partial charge in [0.15, 0.2) is 0 Å². The van der Waals surface area contributed by atoms with Gasteiger partial charge in [-0.05, 0) is 97.4 Å². The third-order valence-electron chi connectivity index (χ3n) is 7.31. The van der Waals surface area contributed by atoms with Crippen molar-refractivity contribution in [2.24, 2.45) is 11.3 Å². The maximum atomic E-state index is 13.8. The number of aromatic nitrogens is 1. The van der Waals surface area contributed by atoms with Gasteiger partial charge in [-0.3, -0.25) is 9.78 Å². The van der Waals surface area contributed by atoms with Crippen molar-refractivity contribution in [1.82, 2.24) is 4.98 Å². The molecule has 3 aromatic rings. The van der Waals surface area contributed by atoms with Gasteiger partial charge in [0.25, 0.3) is 0 Å². The number of rotatable bonds is 5. The van der Waals surface area contributed by atoms with E-state index in [4.69, 9.17) is 11.6 Å². The number of aryl methyl sites for hydroxylation is 1. The topological polar surface area (TPSA) is 30.0 Å². The molecule has 2 nitrogen and oxygen atoms in total. The minimum Gasteiger partial charge on any atom is -0.299 e. The van der Waals surface area contributed by atoms with E-state index >= 15 is 0 Å². The molecule has 30 heavy (non-hydrogen) atoms. The number of carbonyl (C=O) groups excluding carboxylic acids is 1. The average molecular weight is 422 g/mol. The van der Waals surface area contributed by atoms with Gasteiger partial charge in [-0.2, -0.15) is 0 Å². The Labute approximate surface area is 181 Å². The van der Waals surface area contributed by atoms with Crippen molar-refractivity contribution >= 4 is 28.3 Å². The molecule has 0 saturated heterocycles. The second-order valence-electron chi connectivity index (χ2n) is 9.05. The molecule has 0 radical (unpaired) electrons. The van der Waals surface area contributed by atoms with Gasteiger partial charge in [0.1, 0.15) is 11.6 Å². The average Bonchev–Trinajstić information content (AvgIpc) is 3.46. The van der Waals surface area contributed by atoms with Crippen molar-refractivity contribution in [2.45, 2.75) is 50.9 Å². The van der Waals surface area contributed by atoms with Gasteiger partial charge in [-0.15, -0.1) is 0 Å². The number of pyridine rings is 1. The number of ketones is 1. The van der Waals surface area contributed by atoms with Gasteiger partial charge in [-0.1, -0.05) is 23.7 Å². The number of halogens is 2. The van der Waals surface area contributed by atoms with E-state index in [1.165, 1.54) is 17.2 Å². The van der Waals surface area contributed by atoms with Crippen molar-refractivity contribution in [2.75, 3.05) is 0 Å². The first-order valence-corrected chi connectivity index (χ1v) is 11.2. The third-order valence-corrected chi connectivity index (χ3v) is 7.56. The van der Waals surface area contributed by atoms with Crippen LogP contribution in [0.1, 0.15) is 55.6 Å². The summed E-state index contributed by atoms with van der Waals surface area (Å²) in [5.41, 5.74) is 3.46. The molecule has 2 aromatic carbocycles. The van der Waals surface area contributed by atoms with Crippen molar-refractivity contribution in [1.29, 1.82) is 0 Å². The Kier molecular flexibility index (Phi) is 5.10. The maximum Gasteiger partial charge on any atom is 0.136 e. The number of hydrogen-bond acceptors (Lipinski definition) is 2. The molecule has 1 spiro atoms. The molecule has 0 N–H and O–H groups in total. The number of benzene rings is 2. The Morgan fingerprint density at radius 3 is 2.63 bits per heavy atom. The molecule has 4 heteroatoms. The molecular weight excluding hydrogens is 397 g/mol. The van der Waals surface area contributed by atoms with Crippen molar-refractivity contribution < 1.29 is 9.18 Å². The molecule has 2 fully saturated rings. The number of fused-ring (bicyclic) bond motifs is 1. The Morgan fingerprint density at radius 2 is 1.87 bits per heavy atom. The van der Waals surface area contributed by atoms with E-state index in [2.05, 4.69) is 4.98 Å². The van der Waals surface area contributed by atoms with Gasteiger partial charge in [0, 0.05) is 28.9 Å². The minimum atomic E-state index is -0.211. The fraction of sp³-hybridized carbons (Fsp3) is 0.385. The first-order chi connectivity index (χ1) is 14.5. The van der Waals surface area contributed by atoms with Crippen LogP contribution in [0.5, 0.6) is 0 Å². The summed E-state index contributed by atoms with van der Waals surface area (Å²) in [5, 5.41) is 1.66. The molecular formula is C26H25ClFNO. The van der Waals surface area contributed by atoms with Crippen LogP contribution in [-0.2, 0) is 11.2 Å². The molecule has 1 heterocycles. The Bertz CT molecular complexity index is 1090. The molecule has 2 saturated carbocycles. The van der Waals surface area contributed by atoms with Crippen LogP contribution in [0.3, 0.4) is 0 Å². The lowest BCUT2D eigenvalue weighted by molar-refractivity contribution is -0.121. The summed E-state index contributed by atoms with van der Waals surface area (Å²) >= 11 is 5.94. The van der Waals surface area contributed by atoms with Crippen molar-refractivity contribution in [3.63, 3.8) is 0 Å². The summed E-state index contributed by atoms with van der Waals surface area (Å²) < 4.78 is 13.8. The van der Waals surface area contributed by atoms with Crippen LogP contribution in [0.4, 0.5) is 4.39 Å². The largest absolute Gasteiger partial charge is 0.299 e. The van der Waals surface area contributed by atoms with Crippen LogP contribution in [0.2, 0.25) is 5.02 Å². The van der Waals surface area contributed by atoms with Gasteiger partial charge >= 0.3 is 0 Å². The maximum absolute atomic E-state index is 13.8. The first kappa shape index (κ1) is 19.7. The third kappa shape index (κ3) is 3.76. The zero-order valence-corrected chi connectivity index (χ0v) is 17.7. The van der Waals surface area contributed by atoms with Crippen LogP contribution in [-0.4, -0.2) is 10.8 Å². The SMILES string of the molecule is O=C(CCc1ccc(Cl)cc1)C1CC12CCC(c1ccnc3ccc(F)cc13)CC2. The number of carbonyl (C=O) groups is 1. The molecule has 154 valence electrons. The summed E-state index contributed by atoms with van der Waals surface area (Å²) in [7, 11) is 0. The normalized spacial score (nSPS) is 25.5. The van der Waals surface area contributed by atoms with E-state index in [1.54, 1.807) is 12.1 Å². The van der Waals surface area contributed by atoms with E-state index < -0.39 is 0 Å². The zero-order chi connectivity index (χ0) is 20.7. The van der Waals surface area contributed by atoms with Crippen molar-refractivity contribution in [3.05, 3.63) is 76.7 Å². The highest BCUT2D eigenvalue weighted by molar-refractivity contribution is 6.30. The second-order valence-corrected chi connectivity index (χ2v) is 9.48. The van der Waals surface area contributed by atoms with Crippen LogP contribution in [0, 0.1) is 17.2 Å². The highest BCUT2D eigenvalue weighted by Crippen LogP contribution is 2.63. The van der Waals surface area contributed by atoms with Crippen molar-refractivity contribution in [3.8, 4) is 0 Å². The first-order valence-electron chi connectivity index (χ1n) is 10.9. The lowest BCUT2D eigenvalue weighted by atomic mass is 9.74. The van der Waals surface area contributed by atoms with Gasteiger partial charge in [0.2, 0.25) is 0 Å². The van der Waals surface area contributed by atoms with E-state index in [-0.39, 0.29) is 17.2 Å². The van der Waals surface area contributed by atoms with E-state index in [0.717, 1.165) is 54.5 Å². The summed E-state index contributed by atoms with van der Waals surface area (Å²) in [6, 6.07) is 14.7. The summed E-state index contributed by atoms with van der Waals surface area (Å²) in [6.45, 7) is 0. The van der Waals surface area contributed by atoms with Crippen LogP contribution in [0.15, 0.2) is 54.7 Å². The minimum absolute atomic E-state index is 0.211. The fourth-order valence-electron chi connectivity index (χ4n) is 5.45. The molecule has 0 amide bonds. The number of nitrogens with zero attached hydrogens (tertiary/aromatic N) is 1. The summed E-state index contributed by atoms with van der Waals surface area (Å²) in [4.78, 5) is 17.2. The van der Waals surface area contributed by atoms with E-state index in [1.807, 2.05) is 36.5 Å². The molecule has 5 rings (SSSR count). The predicted molar refractivity (Wildman–Crippen MR) is 118 cm³/mol. The predicted octanol–water partition coefficient (Wildman–Crippen LogP) is 6.89. The number of Topliss-reactive ketones (excluding diaryl/α,β-unsaturated/α-hetero) is 1. The molecule has 0 aliphatic heterocycles. The lowest BCUT2D eigenvalue weighted by Gasteiger charge is -2.30. The zero-order valence-electron chi connectivity index (χ0n) is 16.9. The summed E-state index contributed by atoms with van der Waals surface area (Å²) in [5.74, 6) is 0.864. The Hall–Kier alpha value is -2.26. The van der Waals surface area contributed by atoms with E-state index in [0.29, 0.717) is 18.1 Å². The highest BCUT2D eigenvalue weighted by atomic mass is 35.5. The summed E-state index contributed by atoms with van der Waals surface area (Å²) in [6.07, 6.45) is 8.60. The second kappa shape index (κ2) is 7.77. The molecule has 1 unspecified atom stereocenters. The smallest absolute Gasteiger partial charge is 0.136 e. The quantitative estimate of drug-likeness (QED) is 0.448. The monoisotopic (exact) mass is 421 g/mol. The number of hydrogen-bond donors (Lipinski definition) is 0. The highest BCUT2D eigenvalue weighted by Gasteiger charge is 2.57. The van der Waals surface area contributed by atoms with Crippen LogP contribution >= 0.6 is 11.6 Å². The Balaban J connectivity index is 1.21. The standard InChI is InChI=1S/C26H25ClFNO/c27-19-4-1-17(2-5-19)3-8-25(30)23-16-26(23)12-9-18(10-13-26)21-11-14-29-24-7-6-20(28)15-22(21)24/h1-2,4-7,11,14-15,18,23H,3,8-10,12-13,16H2. The fourth-order valence-corrected chi connectivity index (χ4v) is 5.57. The molecule has 1 aromatic heterocycles. The van der Waals surface area contributed by atoms with Crippen LogP contribution < -0.4 is 0 Å². The molecule has 2 aliphatic carbocycles.